The van der Waals surface area contributed by atoms with Crippen molar-refractivity contribution in [2.45, 2.75) is 51.7 Å². The van der Waals surface area contributed by atoms with Gasteiger partial charge in [-0.3, -0.25) is 9.59 Å². The zero-order valence-electron chi connectivity index (χ0n) is 23.1. The maximum absolute atomic E-state index is 13.7. The fraction of sp³-hybridized carbons (Fsp3) is 0.452. The molecule has 2 aliphatic rings. The maximum Gasteiger partial charge on any atom is 0.273 e. The van der Waals surface area contributed by atoms with E-state index < -0.39 is 0 Å². The normalized spacial score (nSPS) is 17.3. The van der Waals surface area contributed by atoms with Crippen LogP contribution < -0.4 is 10.1 Å². The highest BCUT2D eigenvalue weighted by Crippen LogP contribution is 2.40. The Labute approximate surface area is 230 Å². The molecule has 0 radical (unpaired) electrons. The molecule has 206 valence electrons. The molecule has 8 heteroatoms. The molecule has 1 aliphatic heterocycles. The van der Waals surface area contributed by atoms with Gasteiger partial charge in [-0.25, -0.2) is 4.98 Å². The van der Waals surface area contributed by atoms with Gasteiger partial charge in [-0.15, -0.1) is 0 Å². The number of carbonyl (C=O) groups is 2. The lowest BCUT2D eigenvalue weighted by molar-refractivity contribution is -0.137. The number of ether oxygens (including phenoxy) is 1. The van der Waals surface area contributed by atoms with Crippen LogP contribution in [0.2, 0.25) is 0 Å². The molecule has 1 atom stereocenters. The van der Waals surface area contributed by atoms with E-state index in [1.807, 2.05) is 31.1 Å². The molecule has 1 saturated carbocycles. The number of fused-ring (bicyclic) bond motifs is 1. The molecule has 2 amide bonds. The number of hydrogen-bond acceptors (Lipinski definition) is 6. The molecular weight excluding hydrogens is 492 g/mol. The summed E-state index contributed by atoms with van der Waals surface area (Å²) in [4.78, 5) is 34.4. The summed E-state index contributed by atoms with van der Waals surface area (Å²) < 4.78 is 11.6. The van der Waals surface area contributed by atoms with Crippen LogP contribution in [0.3, 0.4) is 0 Å². The minimum atomic E-state index is -0.270. The van der Waals surface area contributed by atoms with Gasteiger partial charge in [0, 0.05) is 25.6 Å². The molecule has 1 N–H and O–H groups in total. The molecule has 0 spiro atoms. The summed E-state index contributed by atoms with van der Waals surface area (Å²) in [5.41, 5.74) is 4.86. The molecule has 0 saturated heterocycles. The van der Waals surface area contributed by atoms with Gasteiger partial charge in [0.15, 0.2) is 12.3 Å². The summed E-state index contributed by atoms with van der Waals surface area (Å²) in [6.07, 6.45) is 6.41. The van der Waals surface area contributed by atoms with E-state index in [-0.39, 0.29) is 36.1 Å². The minimum Gasteiger partial charge on any atom is -0.484 e. The van der Waals surface area contributed by atoms with Gasteiger partial charge in [0.2, 0.25) is 11.8 Å². The average molecular weight is 531 g/mol. The molecule has 5 rings (SSSR count). The topological polar surface area (TPSA) is 87.9 Å². The largest absolute Gasteiger partial charge is 0.484 e. The molecule has 1 unspecified atom stereocenters. The third-order valence-corrected chi connectivity index (χ3v) is 7.68. The van der Waals surface area contributed by atoms with E-state index in [1.54, 1.807) is 0 Å². The van der Waals surface area contributed by atoms with Crippen molar-refractivity contribution in [2.75, 3.05) is 33.7 Å². The van der Waals surface area contributed by atoms with Gasteiger partial charge in [0.25, 0.3) is 5.91 Å². The second-order valence-electron chi connectivity index (χ2n) is 10.9. The van der Waals surface area contributed by atoms with Gasteiger partial charge in [-0.05, 0) is 69.1 Å². The summed E-state index contributed by atoms with van der Waals surface area (Å²) in [6.45, 7) is 4.18. The number of rotatable bonds is 9. The lowest BCUT2D eigenvalue weighted by Crippen LogP contribution is -2.43. The van der Waals surface area contributed by atoms with E-state index in [0.717, 1.165) is 56.3 Å². The highest BCUT2D eigenvalue weighted by molar-refractivity contribution is 5.91. The molecular formula is C31H38N4O4. The quantitative estimate of drug-likeness (QED) is 0.438. The van der Waals surface area contributed by atoms with E-state index in [9.17, 15) is 9.59 Å². The molecule has 0 bridgehead atoms. The number of likely N-dealkylation sites (N-methyl/N-ethyl adjacent to an activating group) is 1. The van der Waals surface area contributed by atoms with Gasteiger partial charge in [0.05, 0.1) is 6.04 Å². The van der Waals surface area contributed by atoms with Crippen LogP contribution in [0.15, 0.2) is 53.1 Å². The monoisotopic (exact) mass is 530 g/mol. The van der Waals surface area contributed by atoms with Crippen LogP contribution in [-0.2, 0) is 17.8 Å². The Morgan fingerprint density at radius 3 is 2.74 bits per heavy atom. The second-order valence-corrected chi connectivity index (χ2v) is 10.9. The van der Waals surface area contributed by atoms with Gasteiger partial charge in [-0.1, -0.05) is 48.7 Å². The lowest BCUT2D eigenvalue weighted by Gasteiger charge is -2.39. The maximum atomic E-state index is 13.7. The highest BCUT2D eigenvalue weighted by atomic mass is 16.5. The first kappa shape index (κ1) is 26.9. The number of hydrogen-bond donors (Lipinski definition) is 1. The Balaban J connectivity index is 1.34. The van der Waals surface area contributed by atoms with Crippen molar-refractivity contribution >= 4 is 11.8 Å². The van der Waals surface area contributed by atoms with Gasteiger partial charge >= 0.3 is 0 Å². The second kappa shape index (κ2) is 12.0. The fourth-order valence-corrected chi connectivity index (χ4v) is 5.64. The number of carbonyl (C=O) groups excluding carboxylic acids is 2. The molecule has 8 nitrogen and oxygen atoms in total. The molecule has 2 aromatic carbocycles. The smallest absolute Gasteiger partial charge is 0.273 e. The summed E-state index contributed by atoms with van der Waals surface area (Å²) in [5.74, 6) is 1.13. The van der Waals surface area contributed by atoms with Crippen LogP contribution in [0, 0.1) is 12.8 Å². The molecule has 39 heavy (non-hydrogen) atoms. The number of nitrogens with one attached hydrogen (secondary N) is 1. The number of nitrogens with zero attached hydrogens (tertiary/aromatic N) is 3. The summed E-state index contributed by atoms with van der Waals surface area (Å²) >= 11 is 0. The van der Waals surface area contributed by atoms with E-state index in [4.69, 9.17) is 9.15 Å². The predicted molar refractivity (Wildman–Crippen MR) is 149 cm³/mol. The zero-order valence-corrected chi connectivity index (χ0v) is 23.1. The van der Waals surface area contributed by atoms with Crippen molar-refractivity contribution in [2.24, 2.45) is 5.92 Å². The van der Waals surface area contributed by atoms with Crippen molar-refractivity contribution in [3.63, 3.8) is 0 Å². The van der Waals surface area contributed by atoms with Crippen molar-refractivity contribution in [1.82, 2.24) is 20.1 Å². The minimum absolute atomic E-state index is 0.101. The van der Waals surface area contributed by atoms with E-state index >= 15 is 0 Å². The molecule has 3 aromatic rings. The standard InChI is InChI=1S/C31H38N4O4/c1-21-7-6-10-24(17-21)29-26-18-25(12-11-22(26)13-15-35(29)31(37)23-8-4-5-9-23)38-20-28-33-27(19-39-28)30(36)32-14-16-34(2)3/h6-7,10-12,17-19,23,29H,4-5,8-9,13-16,20H2,1-3H3,(H,32,36). The van der Waals surface area contributed by atoms with Crippen molar-refractivity contribution < 1.29 is 18.7 Å². The molecule has 1 aromatic heterocycles. The highest BCUT2D eigenvalue weighted by Gasteiger charge is 2.36. The van der Waals surface area contributed by atoms with Gasteiger partial charge in [0.1, 0.15) is 12.0 Å². The molecule has 1 aliphatic carbocycles. The third kappa shape index (κ3) is 6.33. The lowest BCUT2D eigenvalue weighted by atomic mass is 9.86. The van der Waals surface area contributed by atoms with E-state index in [0.29, 0.717) is 18.2 Å². The number of aryl methyl sites for hydroxylation is 1. The molecule has 2 heterocycles. The van der Waals surface area contributed by atoms with Crippen molar-refractivity contribution in [3.8, 4) is 5.75 Å². The van der Waals surface area contributed by atoms with E-state index in [1.165, 1.54) is 17.4 Å². The van der Waals surface area contributed by atoms with Gasteiger partial charge < -0.3 is 24.3 Å². The van der Waals surface area contributed by atoms with Crippen LogP contribution in [0.5, 0.6) is 5.75 Å². The van der Waals surface area contributed by atoms with Crippen molar-refractivity contribution in [3.05, 3.63) is 82.6 Å². The predicted octanol–water partition coefficient (Wildman–Crippen LogP) is 4.52. The number of amides is 2. The fourth-order valence-electron chi connectivity index (χ4n) is 5.64. The first-order valence-corrected chi connectivity index (χ1v) is 13.9. The number of aromatic nitrogens is 1. The Bertz CT molecular complexity index is 1310. The summed E-state index contributed by atoms with van der Waals surface area (Å²) in [7, 11) is 3.90. The Hall–Kier alpha value is -3.65. The van der Waals surface area contributed by atoms with Crippen LogP contribution in [0.25, 0.3) is 0 Å². The Kier molecular flexibility index (Phi) is 8.31. The zero-order chi connectivity index (χ0) is 27.4. The first-order valence-electron chi connectivity index (χ1n) is 13.9. The van der Waals surface area contributed by atoms with E-state index in [2.05, 4.69) is 52.5 Å². The molecule has 1 fully saturated rings. The Morgan fingerprint density at radius 1 is 1.15 bits per heavy atom. The average Bonchev–Trinajstić information content (AvgIpc) is 3.63. The van der Waals surface area contributed by atoms with Crippen LogP contribution >= 0.6 is 0 Å². The van der Waals surface area contributed by atoms with Crippen LogP contribution in [-0.4, -0.2) is 60.3 Å². The van der Waals surface area contributed by atoms with Crippen LogP contribution in [0.1, 0.15) is 70.4 Å². The third-order valence-electron chi connectivity index (χ3n) is 7.68. The SMILES string of the molecule is Cc1cccc(C2c3cc(OCc4nc(C(=O)NCCN(C)C)co4)ccc3CCN2C(=O)C2CCCC2)c1. The summed E-state index contributed by atoms with van der Waals surface area (Å²) in [6, 6.07) is 14.4. The summed E-state index contributed by atoms with van der Waals surface area (Å²) in [5, 5.41) is 2.83. The Morgan fingerprint density at radius 2 is 1.97 bits per heavy atom. The number of benzene rings is 2. The number of oxazole rings is 1. The first-order chi connectivity index (χ1) is 18.9. The van der Waals surface area contributed by atoms with Crippen LogP contribution in [0.4, 0.5) is 0 Å². The van der Waals surface area contributed by atoms with Crippen molar-refractivity contribution in [1.29, 1.82) is 0 Å². The van der Waals surface area contributed by atoms with Gasteiger partial charge in [-0.2, -0.15) is 0 Å².